The number of amides is 1. The zero-order valence-electron chi connectivity index (χ0n) is 17.2. The van der Waals surface area contributed by atoms with Gasteiger partial charge in [-0.1, -0.05) is 29.8 Å². The quantitative estimate of drug-likeness (QED) is 0.745. The van der Waals surface area contributed by atoms with E-state index >= 15 is 0 Å². The lowest BCUT2D eigenvalue weighted by Gasteiger charge is -2.32. The molecule has 29 heavy (non-hydrogen) atoms. The van der Waals surface area contributed by atoms with E-state index in [1.54, 1.807) is 25.3 Å². The van der Waals surface area contributed by atoms with E-state index in [2.05, 4.69) is 28.4 Å². The lowest BCUT2D eigenvalue weighted by atomic mass is 10.1. The van der Waals surface area contributed by atoms with Crippen molar-refractivity contribution in [1.29, 1.82) is 0 Å². The molecule has 1 atom stereocenters. The number of rotatable bonds is 7. The van der Waals surface area contributed by atoms with E-state index < -0.39 is 0 Å². The SMILES string of the molecule is COc1ccc(NC(=O)[C@@H](C)N(C)Cc2ccccc2N2CCOCC2)cc1Cl. The van der Waals surface area contributed by atoms with Gasteiger partial charge in [0.15, 0.2) is 0 Å². The van der Waals surface area contributed by atoms with Crippen molar-refractivity contribution in [3.05, 3.63) is 53.1 Å². The third kappa shape index (κ3) is 5.41. The number of anilines is 2. The van der Waals surface area contributed by atoms with Crippen molar-refractivity contribution in [2.45, 2.75) is 19.5 Å². The van der Waals surface area contributed by atoms with Gasteiger partial charge in [-0.2, -0.15) is 0 Å². The number of benzene rings is 2. The maximum absolute atomic E-state index is 12.7. The Hall–Kier alpha value is -2.28. The van der Waals surface area contributed by atoms with Crippen LogP contribution in [0.5, 0.6) is 5.75 Å². The highest BCUT2D eigenvalue weighted by molar-refractivity contribution is 6.32. The van der Waals surface area contributed by atoms with Gasteiger partial charge in [0.25, 0.3) is 0 Å². The summed E-state index contributed by atoms with van der Waals surface area (Å²) in [7, 11) is 3.52. The molecule has 0 aromatic heterocycles. The Morgan fingerprint density at radius 1 is 1.28 bits per heavy atom. The first-order valence-corrected chi connectivity index (χ1v) is 10.1. The van der Waals surface area contributed by atoms with Crippen molar-refractivity contribution in [3.8, 4) is 5.75 Å². The van der Waals surface area contributed by atoms with E-state index in [1.165, 1.54) is 11.3 Å². The van der Waals surface area contributed by atoms with E-state index in [0.29, 0.717) is 23.0 Å². The van der Waals surface area contributed by atoms with Crippen LogP contribution in [0.25, 0.3) is 0 Å². The fourth-order valence-corrected chi connectivity index (χ4v) is 3.61. The van der Waals surface area contributed by atoms with Gasteiger partial charge in [0.05, 0.1) is 31.4 Å². The molecule has 156 valence electrons. The van der Waals surface area contributed by atoms with Gasteiger partial charge in [-0.25, -0.2) is 0 Å². The third-order valence-electron chi connectivity index (χ3n) is 5.22. The molecule has 2 aromatic carbocycles. The summed E-state index contributed by atoms with van der Waals surface area (Å²) in [6.07, 6.45) is 0. The van der Waals surface area contributed by atoms with E-state index in [4.69, 9.17) is 21.1 Å². The molecule has 0 unspecified atom stereocenters. The first kappa shape index (κ1) is 21.4. The van der Waals surface area contributed by atoms with Crippen molar-refractivity contribution >= 4 is 28.9 Å². The highest BCUT2D eigenvalue weighted by Crippen LogP contribution is 2.27. The Labute approximate surface area is 177 Å². The Morgan fingerprint density at radius 2 is 2.00 bits per heavy atom. The van der Waals surface area contributed by atoms with Gasteiger partial charge in [-0.15, -0.1) is 0 Å². The maximum atomic E-state index is 12.7. The third-order valence-corrected chi connectivity index (χ3v) is 5.52. The summed E-state index contributed by atoms with van der Waals surface area (Å²) in [6.45, 7) is 5.83. The highest BCUT2D eigenvalue weighted by Gasteiger charge is 2.21. The summed E-state index contributed by atoms with van der Waals surface area (Å²) in [4.78, 5) is 17.1. The van der Waals surface area contributed by atoms with Crippen LogP contribution in [0, 0.1) is 0 Å². The first-order chi connectivity index (χ1) is 14.0. The standard InChI is InChI=1S/C22H28ClN3O3/c1-16(22(27)24-18-8-9-21(28-3)19(23)14-18)25(2)15-17-6-4-5-7-20(17)26-10-12-29-13-11-26/h4-9,14,16H,10-13,15H2,1-3H3,(H,24,27)/t16-/m1/s1. The lowest BCUT2D eigenvalue weighted by molar-refractivity contribution is -0.120. The van der Waals surface area contributed by atoms with Gasteiger partial charge in [-0.05, 0) is 43.8 Å². The number of nitrogens with one attached hydrogen (secondary N) is 1. The van der Waals surface area contributed by atoms with Gasteiger partial charge in [-0.3, -0.25) is 9.69 Å². The minimum atomic E-state index is -0.311. The molecule has 1 N–H and O–H groups in total. The predicted molar refractivity (Wildman–Crippen MR) is 117 cm³/mol. The summed E-state index contributed by atoms with van der Waals surface area (Å²) in [5.41, 5.74) is 3.05. The van der Waals surface area contributed by atoms with Crippen molar-refractivity contribution in [2.24, 2.45) is 0 Å². The molecular weight excluding hydrogens is 390 g/mol. The minimum absolute atomic E-state index is 0.0856. The summed E-state index contributed by atoms with van der Waals surface area (Å²) < 4.78 is 10.6. The predicted octanol–water partition coefficient (Wildman–Crippen LogP) is 3.64. The molecule has 1 aliphatic rings. The molecule has 3 rings (SSSR count). The number of morpholine rings is 1. The number of likely N-dealkylation sites (N-methyl/N-ethyl adjacent to an activating group) is 1. The molecular formula is C22H28ClN3O3. The van der Waals surface area contributed by atoms with Crippen LogP contribution in [0.1, 0.15) is 12.5 Å². The molecule has 1 amide bonds. The summed E-state index contributed by atoms with van der Waals surface area (Å²) in [6, 6.07) is 13.3. The van der Waals surface area contributed by atoms with Crippen LogP contribution < -0.4 is 15.0 Å². The Bertz CT molecular complexity index is 840. The second-order valence-corrected chi connectivity index (χ2v) is 7.56. The lowest BCUT2D eigenvalue weighted by Crippen LogP contribution is -2.40. The number of hydrogen-bond donors (Lipinski definition) is 1. The van der Waals surface area contributed by atoms with Crippen molar-refractivity contribution in [2.75, 3.05) is 50.7 Å². The average Bonchev–Trinajstić information content (AvgIpc) is 2.74. The molecule has 0 radical (unpaired) electrons. The molecule has 2 aromatic rings. The zero-order valence-corrected chi connectivity index (χ0v) is 17.9. The van der Waals surface area contributed by atoms with Gasteiger partial charge < -0.3 is 19.7 Å². The van der Waals surface area contributed by atoms with Crippen LogP contribution in [0.2, 0.25) is 5.02 Å². The maximum Gasteiger partial charge on any atom is 0.241 e. The molecule has 1 fully saturated rings. The van der Waals surface area contributed by atoms with Gasteiger partial charge >= 0.3 is 0 Å². The number of ether oxygens (including phenoxy) is 2. The van der Waals surface area contributed by atoms with E-state index in [1.807, 2.05) is 24.9 Å². The Balaban J connectivity index is 1.65. The molecule has 1 aliphatic heterocycles. The van der Waals surface area contributed by atoms with E-state index in [0.717, 1.165) is 26.3 Å². The highest BCUT2D eigenvalue weighted by atomic mass is 35.5. The molecule has 0 aliphatic carbocycles. The van der Waals surface area contributed by atoms with Crippen molar-refractivity contribution in [1.82, 2.24) is 4.90 Å². The molecule has 0 bridgehead atoms. The van der Waals surface area contributed by atoms with Gasteiger partial charge in [0, 0.05) is 31.0 Å². The normalized spacial score (nSPS) is 15.3. The molecule has 0 spiro atoms. The monoisotopic (exact) mass is 417 g/mol. The number of hydrogen-bond acceptors (Lipinski definition) is 5. The topological polar surface area (TPSA) is 54.0 Å². The zero-order chi connectivity index (χ0) is 20.8. The van der Waals surface area contributed by atoms with Gasteiger partial charge in [0.1, 0.15) is 5.75 Å². The summed E-state index contributed by atoms with van der Waals surface area (Å²) >= 11 is 6.15. The molecule has 1 heterocycles. The van der Waals surface area contributed by atoms with Crippen LogP contribution >= 0.6 is 11.6 Å². The van der Waals surface area contributed by atoms with Crippen LogP contribution in [-0.2, 0) is 16.1 Å². The van der Waals surface area contributed by atoms with Gasteiger partial charge in [0.2, 0.25) is 5.91 Å². The molecule has 7 heteroatoms. The number of halogens is 1. The van der Waals surface area contributed by atoms with Crippen LogP contribution in [0.4, 0.5) is 11.4 Å². The van der Waals surface area contributed by atoms with Crippen molar-refractivity contribution < 1.29 is 14.3 Å². The second kappa shape index (κ2) is 9.96. The first-order valence-electron chi connectivity index (χ1n) is 9.75. The largest absolute Gasteiger partial charge is 0.495 e. The number of methoxy groups -OCH3 is 1. The van der Waals surface area contributed by atoms with Crippen LogP contribution in [0.15, 0.2) is 42.5 Å². The number of nitrogens with zero attached hydrogens (tertiary/aromatic N) is 2. The molecule has 1 saturated heterocycles. The number of para-hydroxylation sites is 1. The smallest absolute Gasteiger partial charge is 0.241 e. The van der Waals surface area contributed by atoms with Crippen molar-refractivity contribution in [3.63, 3.8) is 0 Å². The minimum Gasteiger partial charge on any atom is -0.495 e. The summed E-state index contributed by atoms with van der Waals surface area (Å²) in [5.74, 6) is 0.493. The summed E-state index contributed by atoms with van der Waals surface area (Å²) in [5, 5.41) is 3.39. The molecule has 0 saturated carbocycles. The molecule has 6 nitrogen and oxygen atoms in total. The Kier molecular flexibility index (Phi) is 7.36. The fourth-order valence-electron chi connectivity index (χ4n) is 3.35. The van der Waals surface area contributed by atoms with E-state index in [-0.39, 0.29) is 11.9 Å². The average molecular weight is 418 g/mol. The van der Waals surface area contributed by atoms with Crippen LogP contribution in [-0.4, -0.2) is 57.3 Å². The Morgan fingerprint density at radius 3 is 2.69 bits per heavy atom. The van der Waals surface area contributed by atoms with E-state index in [9.17, 15) is 4.79 Å². The number of carbonyl (C=O) groups is 1. The van der Waals surface area contributed by atoms with Crippen LogP contribution in [0.3, 0.4) is 0 Å². The fraction of sp³-hybridized carbons (Fsp3) is 0.409. The second-order valence-electron chi connectivity index (χ2n) is 7.16. The number of carbonyl (C=O) groups excluding carboxylic acids is 1.